The molecular weight excluding hydrogens is 1240 g/mol. The topological polar surface area (TPSA) is 228 Å². The summed E-state index contributed by atoms with van der Waals surface area (Å²) in [5, 5.41) is 87.8. The van der Waals surface area contributed by atoms with Crippen LogP contribution in [0.15, 0.2) is 48.6 Å². The number of amides is 1. The van der Waals surface area contributed by atoms with Crippen molar-refractivity contribution in [1.82, 2.24) is 5.32 Å². The number of nitrogens with one attached hydrogen (secondary N) is 1. The fraction of sp³-hybridized carbons (Fsp3) is 0.894. The van der Waals surface area contributed by atoms with E-state index in [2.05, 4.69) is 55.6 Å². The summed E-state index contributed by atoms with van der Waals surface area (Å²) < 4.78 is 22.9. The maximum atomic E-state index is 13.4. The molecule has 1 amide bonds. The molecule has 0 aromatic carbocycles. The van der Waals surface area contributed by atoms with Crippen molar-refractivity contribution >= 4 is 5.91 Å². The molecule has 9 N–H and O–H groups in total. The molecule has 2 rings (SSSR count). The minimum absolute atomic E-state index is 0.232. The molecule has 0 saturated carbocycles. The Morgan fingerprint density at radius 1 is 0.364 bits per heavy atom. The highest BCUT2D eigenvalue weighted by Gasteiger charge is 2.51. The lowest BCUT2D eigenvalue weighted by atomic mass is 9.97. The maximum Gasteiger partial charge on any atom is 0.220 e. The van der Waals surface area contributed by atoms with Gasteiger partial charge < -0.3 is 65.1 Å². The summed E-state index contributed by atoms with van der Waals surface area (Å²) in [4.78, 5) is 13.4. The molecule has 0 aromatic rings. The zero-order chi connectivity index (χ0) is 71.5. The van der Waals surface area contributed by atoms with Crippen LogP contribution in [0, 0.1) is 0 Å². The van der Waals surface area contributed by atoms with Gasteiger partial charge in [-0.25, -0.2) is 0 Å². The molecule has 14 nitrogen and oxygen atoms in total. The van der Waals surface area contributed by atoms with E-state index in [1.54, 1.807) is 6.08 Å². The van der Waals surface area contributed by atoms with Crippen LogP contribution in [0.4, 0.5) is 0 Å². The molecule has 12 unspecified atom stereocenters. The number of aliphatic hydroxyl groups excluding tert-OH is 8. The first-order valence-corrected chi connectivity index (χ1v) is 42.4. The Morgan fingerprint density at radius 2 is 0.667 bits per heavy atom. The summed E-state index contributed by atoms with van der Waals surface area (Å²) in [5.74, 6) is -0.232. The highest BCUT2D eigenvalue weighted by atomic mass is 16.7. The van der Waals surface area contributed by atoms with Gasteiger partial charge in [0.2, 0.25) is 5.91 Å². The maximum absolute atomic E-state index is 13.4. The van der Waals surface area contributed by atoms with E-state index in [9.17, 15) is 45.6 Å². The van der Waals surface area contributed by atoms with Crippen molar-refractivity contribution in [3.63, 3.8) is 0 Å². The summed E-state index contributed by atoms with van der Waals surface area (Å²) in [6.45, 7) is 2.85. The molecule has 0 radical (unpaired) electrons. The fourth-order valence-electron chi connectivity index (χ4n) is 14.1. The smallest absolute Gasteiger partial charge is 0.220 e. The van der Waals surface area contributed by atoms with Gasteiger partial charge in [0, 0.05) is 6.42 Å². The van der Waals surface area contributed by atoms with Gasteiger partial charge >= 0.3 is 0 Å². The molecule has 2 aliphatic rings. The van der Waals surface area contributed by atoms with E-state index in [1.807, 2.05) is 6.08 Å². The molecule has 0 bridgehead atoms. The number of ether oxygens (including phenoxy) is 4. The Balaban J connectivity index is 1.60. The second kappa shape index (κ2) is 69.0. The first-order valence-electron chi connectivity index (χ1n) is 42.4. The lowest BCUT2D eigenvalue weighted by Gasteiger charge is -2.46. The third-order valence-electron chi connectivity index (χ3n) is 20.8. The number of carbonyl (C=O) groups excluding carboxylic acids is 1. The Kier molecular flexibility index (Phi) is 64.9. The Hall–Kier alpha value is -2.05. The zero-order valence-electron chi connectivity index (χ0n) is 64.0. The average molecular weight is 1400 g/mol. The average Bonchev–Trinajstić information content (AvgIpc) is 0.793. The first kappa shape index (κ1) is 93.0. The van der Waals surface area contributed by atoms with Crippen LogP contribution in [-0.4, -0.2) is 140 Å². The van der Waals surface area contributed by atoms with E-state index in [1.165, 1.54) is 315 Å². The number of carbonyl (C=O) groups is 1. The van der Waals surface area contributed by atoms with Crippen molar-refractivity contribution in [1.29, 1.82) is 0 Å². The number of unbranched alkanes of at least 4 members (excludes halogenated alkanes) is 53. The van der Waals surface area contributed by atoms with E-state index in [0.717, 1.165) is 51.4 Å². The summed E-state index contributed by atoms with van der Waals surface area (Å²) in [6, 6.07) is -0.917. The highest BCUT2D eigenvalue weighted by molar-refractivity contribution is 5.76. The Morgan fingerprint density at radius 3 is 1.02 bits per heavy atom. The molecule has 14 heteroatoms. The molecule has 0 spiro atoms. The number of hydrogen-bond donors (Lipinski definition) is 9. The van der Waals surface area contributed by atoms with E-state index in [4.69, 9.17) is 18.9 Å². The lowest BCUT2D eigenvalue weighted by Crippen LogP contribution is -2.65. The Labute approximate surface area is 607 Å². The fourth-order valence-corrected chi connectivity index (χ4v) is 14.1. The third kappa shape index (κ3) is 51.7. The molecule has 99 heavy (non-hydrogen) atoms. The van der Waals surface area contributed by atoms with Gasteiger partial charge in [-0.2, -0.15) is 0 Å². The van der Waals surface area contributed by atoms with E-state index in [0.29, 0.717) is 6.42 Å². The number of allylic oxidation sites excluding steroid dienone is 7. The molecule has 12 atom stereocenters. The van der Waals surface area contributed by atoms with Gasteiger partial charge in [0.1, 0.15) is 48.8 Å². The van der Waals surface area contributed by atoms with Gasteiger partial charge in [-0.05, 0) is 57.8 Å². The van der Waals surface area contributed by atoms with Gasteiger partial charge in [0.15, 0.2) is 12.6 Å². The van der Waals surface area contributed by atoms with Crippen LogP contribution >= 0.6 is 0 Å². The van der Waals surface area contributed by atoms with Crippen LogP contribution in [0.25, 0.3) is 0 Å². The molecular formula is C85H159NO13. The number of hydrogen-bond acceptors (Lipinski definition) is 13. The Bertz CT molecular complexity index is 1850. The first-order chi connectivity index (χ1) is 48.6. The normalized spacial score (nSPS) is 22.1. The molecule has 0 aromatic heterocycles. The van der Waals surface area contributed by atoms with E-state index >= 15 is 0 Å². The van der Waals surface area contributed by atoms with Crippen LogP contribution in [0.1, 0.15) is 393 Å². The van der Waals surface area contributed by atoms with Crippen molar-refractivity contribution in [3.8, 4) is 0 Å². The quantitative estimate of drug-likeness (QED) is 0.0204. The van der Waals surface area contributed by atoms with Gasteiger partial charge in [0.25, 0.3) is 0 Å². The van der Waals surface area contributed by atoms with Crippen LogP contribution in [0.3, 0.4) is 0 Å². The third-order valence-corrected chi connectivity index (χ3v) is 20.8. The predicted octanol–water partition coefficient (Wildman–Crippen LogP) is 19.8. The van der Waals surface area contributed by atoms with Crippen molar-refractivity contribution in [2.24, 2.45) is 0 Å². The molecule has 2 aliphatic heterocycles. The van der Waals surface area contributed by atoms with Crippen molar-refractivity contribution in [2.75, 3.05) is 19.8 Å². The monoisotopic (exact) mass is 1400 g/mol. The van der Waals surface area contributed by atoms with Crippen LogP contribution in [0.5, 0.6) is 0 Å². The zero-order valence-corrected chi connectivity index (χ0v) is 64.0. The van der Waals surface area contributed by atoms with Crippen molar-refractivity contribution in [2.45, 2.75) is 466 Å². The molecule has 582 valence electrons. The van der Waals surface area contributed by atoms with Gasteiger partial charge in [-0.3, -0.25) is 4.79 Å². The summed E-state index contributed by atoms with van der Waals surface area (Å²) in [6.07, 6.45) is 76.3. The van der Waals surface area contributed by atoms with Gasteiger partial charge in [-0.15, -0.1) is 0 Å². The standard InChI is InChI=1S/C85H159NO13/c1-3-5-7-9-11-13-15-17-19-21-23-25-27-29-31-33-35-37-39-41-43-45-47-49-51-53-55-57-59-61-63-65-67-69-77(90)86-73(72-96-84-82(95)80(93)83(76(71-88)98-84)99-85-81(94)79(92)78(91)75(70-87)97-85)74(89)68-66-64-62-60-58-56-54-52-50-48-46-44-42-40-38-36-34-32-30-28-26-24-22-20-18-16-14-12-10-8-6-4-2/h15,17,21,23,27,29,66,68,73-76,78-85,87-89,91-95H,3-14,16,18-20,22,24-26,28,30-65,67,69-72H2,1-2H3,(H,86,90)/b17-15-,23-21-,29-27-,68-66+. The van der Waals surface area contributed by atoms with E-state index in [-0.39, 0.29) is 18.9 Å². The predicted molar refractivity (Wildman–Crippen MR) is 411 cm³/mol. The van der Waals surface area contributed by atoms with Crippen molar-refractivity contribution < 1.29 is 64.6 Å². The highest BCUT2D eigenvalue weighted by Crippen LogP contribution is 2.30. The van der Waals surface area contributed by atoms with E-state index < -0.39 is 86.8 Å². The summed E-state index contributed by atoms with van der Waals surface area (Å²) in [7, 11) is 0. The SMILES string of the molecule is CCCCCCC/C=C\C/C=C\C/C=C\CCCCCCCCCCCCCCCCCCCCC(=O)NC(COC1OC(CO)C(OC2OC(CO)C(O)C(O)C2O)C(O)C1O)C(O)/C=C/CCCCCCCCCCCCCCCCCCCCCCCCCCCCCCCC. The minimum Gasteiger partial charge on any atom is -0.394 e. The van der Waals surface area contributed by atoms with Crippen molar-refractivity contribution in [3.05, 3.63) is 48.6 Å². The van der Waals surface area contributed by atoms with Crippen LogP contribution in [-0.2, 0) is 23.7 Å². The lowest BCUT2D eigenvalue weighted by molar-refractivity contribution is -0.359. The van der Waals surface area contributed by atoms with Crippen LogP contribution in [0.2, 0.25) is 0 Å². The minimum atomic E-state index is -1.79. The van der Waals surface area contributed by atoms with Gasteiger partial charge in [-0.1, -0.05) is 377 Å². The second-order valence-electron chi connectivity index (χ2n) is 30.0. The second-order valence-corrected chi connectivity index (χ2v) is 30.0. The summed E-state index contributed by atoms with van der Waals surface area (Å²) >= 11 is 0. The van der Waals surface area contributed by atoms with Crippen LogP contribution < -0.4 is 5.32 Å². The molecule has 2 fully saturated rings. The molecule has 2 saturated heterocycles. The largest absolute Gasteiger partial charge is 0.394 e. The molecule has 2 heterocycles. The van der Waals surface area contributed by atoms with Gasteiger partial charge in [0.05, 0.1) is 32.0 Å². The molecule has 0 aliphatic carbocycles. The number of aliphatic hydroxyl groups is 8. The summed E-state index contributed by atoms with van der Waals surface area (Å²) in [5.41, 5.74) is 0. The number of rotatable bonds is 72.